The average Bonchev–Trinajstić information content (AvgIpc) is 3.87. The Bertz CT molecular complexity index is 1570. The number of nitrogens with zero attached hydrogens (tertiary/aromatic N) is 3. The third-order valence-corrected chi connectivity index (χ3v) is 8.24. The van der Waals surface area contributed by atoms with Crippen molar-refractivity contribution < 1.29 is 9.18 Å². The minimum atomic E-state index is -0.336. The van der Waals surface area contributed by atoms with Crippen LogP contribution in [0.2, 0.25) is 0 Å². The molecule has 2 aliphatic rings. The van der Waals surface area contributed by atoms with Gasteiger partial charge in [-0.05, 0) is 79.8 Å². The molecule has 2 heterocycles. The summed E-state index contributed by atoms with van der Waals surface area (Å²) < 4.78 is 15.1. The number of nitrogens with one attached hydrogen (secondary N) is 3. The number of benzene rings is 2. The van der Waals surface area contributed by atoms with Crippen LogP contribution >= 0.6 is 0 Å². The Kier molecular flexibility index (Phi) is 6.32. The molecule has 4 aromatic rings. The molecule has 0 radical (unpaired) electrons. The third-order valence-electron chi connectivity index (χ3n) is 8.24. The lowest BCUT2D eigenvalue weighted by Gasteiger charge is -2.36. The number of aromatic nitrogens is 4. The molecule has 0 atom stereocenters. The van der Waals surface area contributed by atoms with Crippen LogP contribution in [0.15, 0.2) is 53.5 Å². The first kappa shape index (κ1) is 25.1. The molecule has 1 amide bonds. The lowest BCUT2D eigenvalue weighted by Crippen LogP contribution is -2.41. The van der Waals surface area contributed by atoms with Gasteiger partial charge in [-0.3, -0.25) is 19.3 Å². The second kappa shape index (κ2) is 9.83. The number of carbonyl (C=O) groups is 1. The van der Waals surface area contributed by atoms with E-state index in [2.05, 4.69) is 25.8 Å². The zero-order chi connectivity index (χ0) is 27.1. The highest BCUT2D eigenvalue weighted by Crippen LogP contribution is 2.59. The van der Waals surface area contributed by atoms with Crippen molar-refractivity contribution in [2.45, 2.75) is 51.1 Å². The Balaban J connectivity index is 1.17. The minimum Gasteiger partial charge on any atom is -0.382 e. The van der Waals surface area contributed by atoms with Crippen LogP contribution in [-0.2, 0) is 23.3 Å². The zero-order valence-electron chi connectivity index (χ0n) is 21.8. The third kappa shape index (κ3) is 4.86. The molecule has 0 aliphatic heterocycles. The van der Waals surface area contributed by atoms with Crippen molar-refractivity contribution in [3.63, 3.8) is 0 Å². The van der Waals surface area contributed by atoms with Gasteiger partial charge in [-0.1, -0.05) is 18.2 Å². The number of halogens is 1. The van der Waals surface area contributed by atoms with Gasteiger partial charge in [0, 0.05) is 35.8 Å². The van der Waals surface area contributed by atoms with Gasteiger partial charge < -0.3 is 16.4 Å². The summed E-state index contributed by atoms with van der Waals surface area (Å²) in [5, 5.41) is 13.9. The predicted octanol–water partition coefficient (Wildman–Crippen LogP) is 3.64. The van der Waals surface area contributed by atoms with E-state index in [0.717, 1.165) is 47.7 Å². The molecule has 202 valence electrons. The monoisotopic (exact) mass is 529 g/mol. The van der Waals surface area contributed by atoms with Crippen molar-refractivity contribution >= 4 is 28.4 Å². The van der Waals surface area contributed by atoms with Gasteiger partial charge in [-0.25, -0.2) is 9.37 Å². The maximum absolute atomic E-state index is 13.7. The van der Waals surface area contributed by atoms with Crippen LogP contribution in [0.1, 0.15) is 42.5 Å². The molecular formula is C29H32FN7O2. The number of amides is 1. The maximum atomic E-state index is 13.7. The van der Waals surface area contributed by atoms with E-state index in [4.69, 9.17) is 5.73 Å². The predicted molar refractivity (Wildman–Crippen MR) is 148 cm³/mol. The van der Waals surface area contributed by atoms with E-state index in [0.29, 0.717) is 36.4 Å². The summed E-state index contributed by atoms with van der Waals surface area (Å²) in [6.07, 6.45) is 6.12. The average molecular weight is 530 g/mol. The first-order chi connectivity index (χ1) is 18.8. The molecule has 0 bridgehead atoms. The molecule has 39 heavy (non-hydrogen) atoms. The first-order valence-corrected chi connectivity index (χ1v) is 13.4. The highest BCUT2D eigenvalue weighted by Gasteiger charge is 2.55. The molecule has 6 rings (SSSR count). The zero-order valence-corrected chi connectivity index (χ0v) is 21.8. The van der Waals surface area contributed by atoms with Crippen molar-refractivity contribution in [2.75, 3.05) is 17.6 Å². The Morgan fingerprint density at radius 3 is 2.56 bits per heavy atom. The summed E-state index contributed by atoms with van der Waals surface area (Å²) in [7, 11) is 0. The summed E-state index contributed by atoms with van der Waals surface area (Å²) in [5.41, 5.74) is 8.81. The van der Waals surface area contributed by atoms with Crippen molar-refractivity contribution in [1.82, 2.24) is 25.1 Å². The normalized spacial score (nSPS) is 15.4. The lowest BCUT2D eigenvalue weighted by atomic mass is 9.71. The molecule has 2 aromatic heterocycles. The fourth-order valence-corrected chi connectivity index (χ4v) is 5.86. The van der Waals surface area contributed by atoms with Crippen molar-refractivity contribution in [2.24, 2.45) is 11.8 Å². The summed E-state index contributed by atoms with van der Waals surface area (Å²) in [6, 6.07) is 12.5. The summed E-state index contributed by atoms with van der Waals surface area (Å²) in [5.74, 6) is 1.09. The van der Waals surface area contributed by atoms with Crippen molar-refractivity contribution in [3.05, 3.63) is 81.7 Å². The molecule has 2 fully saturated rings. The van der Waals surface area contributed by atoms with Crippen molar-refractivity contribution in [1.29, 1.82) is 0 Å². The molecule has 2 aromatic carbocycles. The van der Waals surface area contributed by atoms with Crippen LogP contribution < -0.4 is 21.9 Å². The number of fused-ring (bicyclic) bond motifs is 1. The number of carbonyl (C=O) groups excluding carboxylic acids is 1. The smallest absolute Gasteiger partial charge is 0.293 e. The van der Waals surface area contributed by atoms with Gasteiger partial charge in [0.2, 0.25) is 5.91 Å². The molecule has 0 spiro atoms. The topological polar surface area (TPSA) is 131 Å². The number of hydrogen-bond donors (Lipinski definition) is 4. The molecule has 2 aliphatic carbocycles. The van der Waals surface area contributed by atoms with Gasteiger partial charge in [-0.15, -0.1) is 0 Å². The van der Waals surface area contributed by atoms with E-state index in [9.17, 15) is 14.0 Å². The Morgan fingerprint density at radius 1 is 1.15 bits per heavy atom. The number of aromatic amines is 1. The molecule has 0 unspecified atom stereocenters. The number of rotatable bonds is 10. The van der Waals surface area contributed by atoms with Gasteiger partial charge in [-0.2, -0.15) is 5.10 Å². The lowest BCUT2D eigenvalue weighted by molar-refractivity contribution is -0.121. The summed E-state index contributed by atoms with van der Waals surface area (Å²) in [6.45, 7) is 2.49. The SMILES string of the molecule is Cc1cnc(NCC(c2ccc(F)cc2)(C2CC2)C2CC2)c(=O)n1CC(=O)NCc1ccc2[nH]nc(N)c2c1. The van der Waals surface area contributed by atoms with Crippen LogP contribution in [0.4, 0.5) is 16.0 Å². The summed E-state index contributed by atoms with van der Waals surface area (Å²) in [4.78, 5) is 30.6. The standard InChI is InChI=1S/C29H32FN7O2/c1-17-13-33-27(34-16-29(19-3-4-19,20-5-6-20)21-7-9-22(30)10-8-21)28(39)37(17)15-25(38)32-14-18-2-11-24-23(12-18)26(31)36-35-24/h2,7-13,19-20H,3-6,14-16H2,1H3,(H,32,38)(H,33,34)(H3,31,35,36). The minimum absolute atomic E-state index is 0.119. The summed E-state index contributed by atoms with van der Waals surface area (Å²) >= 11 is 0. The highest BCUT2D eigenvalue weighted by molar-refractivity contribution is 5.89. The number of anilines is 2. The maximum Gasteiger partial charge on any atom is 0.293 e. The fourth-order valence-electron chi connectivity index (χ4n) is 5.86. The van der Waals surface area contributed by atoms with E-state index in [-0.39, 0.29) is 35.1 Å². The Hall–Kier alpha value is -4.21. The van der Waals surface area contributed by atoms with E-state index in [1.165, 1.54) is 16.7 Å². The van der Waals surface area contributed by atoms with Gasteiger partial charge in [0.15, 0.2) is 11.6 Å². The highest BCUT2D eigenvalue weighted by atomic mass is 19.1. The van der Waals surface area contributed by atoms with Crippen LogP contribution in [0, 0.1) is 24.6 Å². The van der Waals surface area contributed by atoms with Gasteiger partial charge in [0.05, 0.1) is 5.52 Å². The quantitative estimate of drug-likeness (QED) is 0.248. The van der Waals surface area contributed by atoms with Crippen LogP contribution in [-0.4, -0.2) is 32.2 Å². The molecule has 0 saturated heterocycles. The van der Waals surface area contributed by atoms with Crippen LogP contribution in [0.25, 0.3) is 10.9 Å². The first-order valence-electron chi connectivity index (χ1n) is 13.4. The Labute approximate surface area is 225 Å². The molecule has 10 heteroatoms. The Morgan fingerprint density at radius 2 is 1.87 bits per heavy atom. The second-order valence-corrected chi connectivity index (χ2v) is 10.9. The van der Waals surface area contributed by atoms with Gasteiger partial charge in [0.1, 0.15) is 12.4 Å². The van der Waals surface area contributed by atoms with Crippen LogP contribution in [0.3, 0.4) is 0 Å². The number of nitrogens with two attached hydrogens (primary N) is 1. The number of H-pyrrole nitrogens is 1. The molecule has 5 N–H and O–H groups in total. The van der Waals surface area contributed by atoms with E-state index < -0.39 is 0 Å². The number of nitrogen functional groups attached to an aromatic ring is 1. The van der Waals surface area contributed by atoms with Gasteiger partial charge in [0.25, 0.3) is 5.56 Å². The molecular weight excluding hydrogens is 497 g/mol. The van der Waals surface area contributed by atoms with Gasteiger partial charge >= 0.3 is 0 Å². The number of hydrogen-bond acceptors (Lipinski definition) is 6. The van der Waals surface area contributed by atoms with E-state index in [1.54, 1.807) is 13.1 Å². The van der Waals surface area contributed by atoms with Crippen molar-refractivity contribution in [3.8, 4) is 0 Å². The van der Waals surface area contributed by atoms with E-state index in [1.807, 2.05) is 30.3 Å². The second-order valence-electron chi connectivity index (χ2n) is 10.9. The van der Waals surface area contributed by atoms with Crippen LogP contribution in [0.5, 0.6) is 0 Å². The largest absolute Gasteiger partial charge is 0.382 e. The molecule has 2 saturated carbocycles. The molecule has 9 nitrogen and oxygen atoms in total. The fraction of sp³-hybridized carbons (Fsp3) is 0.379. The number of aryl methyl sites for hydroxylation is 1. The van der Waals surface area contributed by atoms with E-state index >= 15 is 0 Å².